The Morgan fingerprint density at radius 3 is 1.68 bits per heavy atom. The Labute approximate surface area is 238 Å². The predicted octanol–water partition coefficient (Wildman–Crippen LogP) is 5.76. The summed E-state index contributed by atoms with van der Waals surface area (Å²) in [7, 11) is 0. The van der Waals surface area contributed by atoms with Gasteiger partial charge in [0.1, 0.15) is 12.2 Å². The van der Waals surface area contributed by atoms with E-state index in [-0.39, 0.29) is 31.1 Å². The lowest BCUT2D eigenvalue weighted by Crippen LogP contribution is -2.41. The van der Waals surface area contributed by atoms with Crippen molar-refractivity contribution >= 4 is 24.1 Å². The summed E-state index contributed by atoms with van der Waals surface area (Å²) in [6, 6.07) is 0. The molecule has 2 heterocycles. The Hall–Kier alpha value is -3.20. The van der Waals surface area contributed by atoms with Gasteiger partial charge in [-0.2, -0.15) is 0 Å². The largest absolute Gasteiger partial charge is 0.534 e. The first-order valence-corrected chi connectivity index (χ1v) is 15.0. The third-order valence-electron chi connectivity index (χ3n) is 8.22. The molecule has 0 unspecified atom stereocenters. The van der Waals surface area contributed by atoms with Crippen LogP contribution in [-0.4, -0.2) is 59.3 Å². The third-order valence-corrected chi connectivity index (χ3v) is 8.22. The van der Waals surface area contributed by atoms with Gasteiger partial charge in [-0.25, -0.2) is 9.59 Å². The highest BCUT2D eigenvalue weighted by Gasteiger charge is 2.34. The minimum atomic E-state index is -0.969. The number of rotatable bonds is 5. The summed E-state index contributed by atoms with van der Waals surface area (Å²) >= 11 is 0. The molecule has 2 aliphatic heterocycles. The summed E-state index contributed by atoms with van der Waals surface area (Å²) in [5.74, 6) is 5.90. The molecule has 0 aromatic heterocycles. The molecule has 2 saturated heterocycles. The number of hydrogen-bond donors (Lipinski definition) is 0. The molecular weight excluding hydrogens is 512 g/mol. The van der Waals surface area contributed by atoms with Crippen molar-refractivity contribution in [1.82, 2.24) is 9.96 Å². The Kier molecular flexibility index (Phi) is 13.2. The standard InChI is InChI=1S/C13H19NO2.C9H11NO5.C9H14/c1-2-4-11-7-9-14(10-8-11)13(15)16-12-5-3-6-12;11-7-4-5-8(12)10(7)15-9(13)14-6-2-1-3-6;1-2-6-9-7-4-3-5-8-9/h1,11-12H,3-10H2;6H,1-5H2;1,9H,3-8H2. The molecule has 5 aliphatic rings. The first-order chi connectivity index (χ1) is 19.4. The number of likely N-dealkylation sites (tertiary alicyclic amines) is 1. The Morgan fingerprint density at radius 2 is 1.20 bits per heavy atom. The highest BCUT2D eigenvalue weighted by Crippen LogP contribution is 2.26. The lowest BCUT2D eigenvalue weighted by atomic mass is 9.87. The molecule has 9 nitrogen and oxygen atoms in total. The molecule has 0 radical (unpaired) electrons. The Morgan fingerprint density at radius 1 is 0.700 bits per heavy atom. The lowest BCUT2D eigenvalue weighted by molar-refractivity contribution is -0.179. The first-order valence-electron chi connectivity index (χ1n) is 15.0. The number of terminal acetylenes is 2. The van der Waals surface area contributed by atoms with E-state index in [1.807, 2.05) is 4.90 Å². The van der Waals surface area contributed by atoms with Gasteiger partial charge in [0, 0.05) is 38.8 Å². The number of piperidine rings is 1. The lowest BCUT2D eigenvalue weighted by Gasteiger charge is -2.33. The summed E-state index contributed by atoms with van der Waals surface area (Å²) in [5.41, 5.74) is 0. The van der Waals surface area contributed by atoms with Crippen molar-refractivity contribution in [2.24, 2.45) is 11.8 Å². The van der Waals surface area contributed by atoms with Crippen molar-refractivity contribution in [3.8, 4) is 24.7 Å². The van der Waals surface area contributed by atoms with Gasteiger partial charge in [-0.15, -0.1) is 24.7 Å². The molecule has 40 heavy (non-hydrogen) atoms. The molecule has 5 fully saturated rings. The van der Waals surface area contributed by atoms with Crippen LogP contribution in [0.4, 0.5) is 9.59 Å². The molecule has 0 N–H and O–H groups in total. The van der Waals surface area contributed by atoms with E-state index in [0.717, 1.165) is 76.8 Å². The van der Waals surface area contributed by atoms with E-state index < -0.39 is 18.0 Å². The maximum absolute atomic E-state index is 11.7. The Balaban J connectivity index is 0.000000172. The molecule has 0 atom stereocenters. The number of ether oxygens (including phenoxy) is 2. The molecule has 3 aliphatic carbocycles. The summed E-state index contributed by atoms with van der Waals surface area (Å²) in [6.45, 7) is 1.61. The van der Waals surface area contributed by atoms with E-state index in [4.69, 9.17) is 22.3 Å². The second-order valence-electron chi connectivity index (χ2n) is 11.3. The zero-order chi connectivity index (χ0) is 28.7. The maximum atomic E-state index is 11.7. The van der Waals surface area contributed by atoms with Gasteiger partial charge < -0.3 is 14.4 Å². The van der Waals surface area contributed by atoms with Crippen LogP contribution in [0.25, 0.3) is 0 Å². The van der Waals surface area contributed by atoms with Gasteiger partial charge >= 0.3 is 12.2 Å². The van der Waals surface area contributed by atoms with Gasteiger partial charge in [-0.3, -0.25) is 14.4 Å². The number of amides is 3. The summed E-state index contributed by atoms with van der Waals surface area (Å²) < 4.78 is 10.2. The van der Waals surface area contributed by atoms with Gasteiger partial charge in [0.05, 0.1) is 0 Å². The molecule has 220 valence electrons. The van der Waals surface area contributed by atoms with Crippen LogP contribution >= 0.6 is 0 Å². The van der Waals surface area contributed by atoms with Crippen LogP contribution < -0.4 is 0 Å². The molecule has 0 bridgehead atoms. The molecule has 0 aromatic carbocycles. The van der Waals surface area contributed by atoms with Crippen molar-refractivity contribution in [3.05, 3.63) is 0 Å². The predicted molar refractivity (Wildman–Crippen MR) is 148 cm³/mol. The van der Waals surface area contributed by atoms with Gasteiger partial charge in [-0.1, -0.05) is 24.3 Å². The molecule has 5 rings (SSSR count). The van der Waals surface area contributed by atoms with E-state index in [9.17, 15) is 19.2 Å². The van der Waals surface area contributed by atoms with Gasteiger partial charge in [0.2, 0.25) is 0 Å². The van der Waals surface area contributed by atoms with E-state index in [0.29, 0.717) is 11.0 Å². The average molecular weight is 557 g/mol. The topological polar surface area (TPSA) is 102 Å². The van der Waals surface area contributed by atoms with E-state index in [1.165, 1.54) is 38.5 Å². The summed E-state index contributed by atoms with van der Waals surface area (Å²) in [5, 5.41) is 0.487. The molecule has 0 aromatic rings. The van der Waals surface area contributed by atoms with Crippen LogP contribution in [0.3, 0.4) is 0 Å². The Bertz CT molecular complexity index is 914. The quantitative estimate of drug-likeness (QED) is 0.241. The van der Waals surface area contributed by atoms with Gasteiger partial charge in [0.15, 0.2) is 0 Å². The van der Waals surface area contributed by atoms with E-state index in [2.05, 4.69) is 16.7 Å². The summed E-state index contributed by atoms with van der Waals surface area (Å²) in [4.78, 5) is 51.3. The highest BCUT2D eigenvalue weighted by atomic mass is 16.8. The fraction of sp³-hybridized carbons (Fsp3) is 0.742. The minimum Gasteiger partial charge on any atom is -0.446 e. The van der Waals surface area contributed by atoms with Crippen molar-refractivity contribution < 1.29 is 33.5 Å². The van der Waals surface area contributed by atoms with E-state index >= 15 is 0 Å². The highest BCUT2D eigenvalue weighted by molar-refractivity contribution is 6.01. The normalized spacial score (nSPS) is 21.8. The fourth-order valence-electron chi connectivity index (χ4n) is 5.13. The van der Waals surface area contributed by atoms with Crippen LogP contribution in [-0.2, 0) is 23.9 Å². The molecule has 9 heteroatoms. The maximum Gasteiger partial charge on any atom is 0.534 e. The smallest absolute Gasteiger partial charge is 0.446 e. The van der Waals surface area contributed by atoms with Crippen molar-refractivity contribution in [1.29, 1.82) is 0 Å². The third kappa shape index (κ3) is 10.4. The number of carbonyl (C=O) groups is 4. The second-order valence-corrected chi connectivity index (χ2v) is 11.3. The van der Waals surface area contributed by atoms with Crippen LogP contribution in [0, 0.1) is 36.5 Å². The average Bonchev–Trinajstić information content (AvgIpc) is 3.22. The number of hydroxylamine groups is 2. The number of imide groups is 1. The first kappa shape index (κ1) is 31.3. The van der Waals surface area contributed by atoms with Crippen molar-refractivity contribution in [3.63, 3.8) is 0 Å². The molecule has 0 spiro atoms. The zero-order valence-electron chi connectivity index (χ0n) is 23.7. The second kappa shape index (κ2) is 16.8. The van der Waals surface area contributed by atoms with E-state index in [1.54, 1.807) is 0 Å². The molecule has 3 amide bonds. The van der Waals surface area contributed by atoms with Crippen LogP contribution in [0.5, 0.6) is 0 Å². The van der Waals surface area contributed by atoms with Crippen molar-refractivity contribution in [2.75, 3.05) is 13.1 Å². The van der Waals surface area contributed by atoms with Gasteiger partial charge in [0.25, 0.3) is 11.8 Å². The number of nitrogens with zero attached hydrogens (tertiary/aromatic N) is 2. The van der Waals surface area contributed by atoms with Crippen LogP contribution in [0.1, 0.15) is 109 Å². The van der Waals surface area contributed by atoms with Crippen LogP contribution in [0.2, 0.25) is 0 Å². The van der Waals surface area contributed by atoms with Crippen molar-refractivity contribution in [2.45, 2.75) is 121 Å². The minimum absolute atomic E-state index is 0.0928. The SMILES string of the molecule is C#CCC1CCCCC1.C#CCC1CCN(C(=O)OC2CCC2)CC1.O=C(OC1CCC1)ON1C(=O)CCC1=O. The fourth-order valence-corrected chi connectivity index (χ4v) is 5.13. The zero-order valence-corrected chi connectivity index (χ0v) is 23.7. The van der Waals surface area contributed by atoms with Crippen LogP contribution in [0.15, 0.2) is 0 Å². The van der Waals surface area contributed by atoms with Gasteiger partial charge in [-0.05, 0) is 76.0 Å². The molecule has 3 saturated carbocycles. The number of carbonyl (C=O) groups excluding carboxylic acids is 4. The summed E-state index contributed by atoms with van der Waals surface area (Å²) in [6.07, 6.45) is 26.5. The number of hydrogen-bond acceptors (Lipinski definition) is 7. The monoisotopic (exact) mass is 556 g/mol. The molecular formula is C31H44N2O7.